The molecule has 4 heterocycles. The van der Waals surface area contributed by atoms with Gasteiger partial charge in [-0.05, 0) is 67.1 Å². The van der Waals surface area contributed by atoms with Crippen LogP contribution in [0.4, 0.5) is 0 Å². The van der Waals surface area contributed by atoms with E-state index in [1.54, 1.807) is 6.33 Å². The van der Waals surface area contributed by atoms with Gasteiger partial charge in [0.05, 0.1) is 6.33 Å². The summed E-state index contributed by atoms with van der Waals surface area (Å²) in [6, 6.07) is 3.84. The Labute approximate surface area is 198 Å². The van der Waals surface area contributed by atoms with Crippen molar-refractivity contribution in [2.24, 2.45) is 5.92 Å². The monoisotopic (exact) mass is 516 g/mol. The van der Waals surface area contributed by atoms with E-state index in [0.29, 0.717) is 16.6 Å². The van der Waals surface area contributed by atoms with Crippen LogP contribution in [-0.4, -0.2) is 31.9 Å². The maximum Gasteiger partial charge on any atom is 0.231 e. The van der Waals surface area contributed by atoms with Gasteiger partial charge in [0.15, 0.2) is 27.8 Å². The first-order valence-electron chi connectivity index (χ1n) is 10.5. The summed E-state index contributed by atoms with van der Waals surface area (Å²) in [6.07, 6.45) is 4.81. The number of aromatic amines is 1. The minimum Gasteiger partial charge on any atom is -0.454 e. The van der Waals surface area contributed by atoms with E-state index in [4.69, 9.17) is 19.9 Å². The lowest BCUT2D eigenvalue weighted by atomic mass is 9.81. The zero-order chi connectivity index (χ0) is 22.5. The van der Waals surface area contributed by atoms with Gasteiger partial charge in [-0.2, -0.15) is 0 Å². The highest BCUT2D eigenvalue weighted by Gasteiger charge is 2.29. The molecule has 0 radical (unpaired) electrons. The number of imidazole rings is 1. The number of hydrogen-bond acceptors (Lipinski definition) is 7. The molecule has 0 bridgehead atoms. The highest BCUT2D eigenvalue weighted by Crippen LogP contribution is 2.42. The first-order valence-corrected chi connectivity index (χ1v) is 12.1. The Morgan fingerprint density at radius 3 is 2.91 bits per heavy atom. The highest BCUT2D eigenvalue weighted by molar-refractivity contribution is 9.10. The highest BCUT2D eigenvalue weighted by atomic mass is 79.9. The molecule has 0 spiro atoms. The largest absolute Gasteiger partial charge is 0.454 e. The number of hydrogen-bond donors (Lipinski definition) is 3. The number of benzene rings is 1. The summed E-state index contributed by atoms with van der Waals surface area (Å²) >= 11 is 5.07. The molecule has 168 valence electrons. The van der Waals surface area contributed by atoms with Crippen LogP contribution in [0.25, 0.3) is 11.2 Å². The van der Waals surface area contributed by atoms with E-state index in [-0.39, 0.29) is 17.8 Å². The molecular weight excluding hydrogens is 492 g/mol. The minimum atomic E-state index is 0.0669. The van der Waals surface area contributed by atoms with Crippen LogP contribution in [0.15, 0.2) is 45.3 Å². The van der Waals surface area contributed by atoms with Gasteiger partial charge in [-0.15, -0.1) is 0 Å². The lowest BCUT2D eigenvalue weighted by molar-refractivity contribution is 0.174. The van der Waals surface area contributed by atoms with Crippen molar-refractivity contribution in [3.63, 3.8) is 0 Å². The number of H-pyrrole nitrogens is 1. The second-order valence-electron chi connectivity index (χ2n) is 8.94. The molecule has 5 rings (SSSR count). The standard InChI is InChI=1S/C22H25BrN6O2S/c1-12-6-13(9-22(2,3)28-12)4-5-29-10-25-19(24)18-20(29)27-21(26-18)32-17-8-16-15(7-14(17)23)30-11-31-16/h7-8,10,13,24,28H,1,4-6,9,11H2,2-3H3,(H,26,27). The van der Waals surface area contributed by atoms with Gasteiger partial charge < -0.3 is 24.3 Å². The van der Waals surface area contributed by atoms with Gasteiger partial charge in [0.25, 0.3) is 0 Å². The number of aromatic nitrogens is 4. The molecule has 10 heteroatoms. The summed E-state index contributed by atoms with van der Waals surface area (Å²) in [5, 5.41) is 12.4. The number of ether oxygens (including phenoxy) is 2. The van der Waals surface area contributed by atoms with Gasteiger partial charge in [0.2, 0.25) is 6.79 Å². The lowest BCUT2D eigenvalue weighted by Crippen LogP contribution is -2.44. The predicted molar refractivity (Wildman–Crippen MR) is 126 cm³/mol. The third-order valence-corrected chi connectivity index (χ3v) is 7.62. The fourth-order valence-electron chi connectivity index (χ4n) is 4.50. The zero-order valence-electron chi connectivity index (χ0n) is 18.0. The number of rotatable bonds is 5. The number of fused-ring (bicyclic) bond motifs is 2. The zero-order valence-corrected chi connectivity index (χ0v) is 20.4. The van der Waals surface area contributed by atoms with Crippen LogP contribution in [0.2, 0.25) is 0 Å². The van der Waals surface area contributed by atoms with Gasteiger partial charge in [0.1, 0.15) is 5.52 Å². The van der Waals surface area contributed by atoms with Crippen molar-refractivity contribution >= 4 is 38.9 Å². The number of aryl methyl sites for hydroxylation is 1. The first-order chi connectivity index (χ1) is 15.3. The van der Waals surface area contributed by atoms with Crippen molar-refractivity contribution < 1.29 is 9.47 Å². The van der Waals surface area contributed by atoms with Crippen molar-refractivity contribution in [3.05, 3.63) is 40.7 Å². The van der Waals surface area contributed by atoms with E-state index in [1.807, 2.05) is 16.7 Å². The molecule has 1 aromatic carbocycles. The molecule has 1 atom stereocenters. The summed E-state index contributed by atoms with van der Waals surface area (Å²) in [6.45, 7) is 9.62. The van der Waals surface area contributed by atoms with Crippen LogP contribution in [-0.2, 0) is 6.54 Å². The first kappa shape index (κ1) is 21.4. The molecule has 32 heavy (non-hydrogen) atoms. The second-order valence-corrected chi connectivity index (χ2v) is 10.8. The lowest BCUT2D eigenvalue weighted by Gasteiger charge is -2.38. The second kappa shape index (κ2) is 8.15. The third-order valence-electron chi connectivity index (χ3n) is 5.76. The number of allylic oxidation sites excluding steroid dienone is 1. The van der Waals surface area contributed by atoms with E-state index in [9.17, 15) is 0 Å². The third kappa shape index (κ3) is 4.25. The molecule has 1 unspecified atom stereocenters. The minimum absolute atomic E-state index is 0.0669. The summed E-state index contributed by atoms with van der Waals surface area (Å²) in [4.78, 5) is 13.3. The summed E-state index contributed by atoms with van der Waals surface area (Å²) < 4.78 is 13.9. The smallest absolute Gasteiger partial charge is 0.231 e. The molecule has 0 saturated carbocycles. The van der Waals surface area contributed by atoms with Crippen LogP contribution in [0.1, 0.15) is 33.1 Å². The molecule has 8 nitrogen and oxygen atoms in total. The van der Waals surface area contributed by atoms with Gasteiger partial charge >= 0.3 is 0 Å². The number of halogens is 1. The molecular formula is C22H25BrN6O2S. The average molecular weight is 517 g/mol. The molecule has 1 saturated heterocycles. The summed E-state index contributed by atoms with van der Waals surface area (Å²) in [5.74, 6) is 2.00. The maximum atomic E-state index is 8.23. The molecule has 2 aliphatic heterocycles. The van der Waals surface area contributed by atoms with E-state index < -0.39 is 0 Å². The van der Waals surface area contributed by atoms with E-state index in [0.717, 1.165) is 58.0 Å². The maximum absolute atomic E-state index is 8.23. The fourth-order valence-corrected chi connectivity index (χ4v) is 5.89. The van der Waals surface area contributed by atoms with Crippen LogP contribution >= 0.6 is 27.7 Å². The van der Waals surface area contributed by atoms with E-state index in [1.165, 1.54) is 11.8 Å². The van der Waals surface area contributed by atoms with Gasteiger partial charge in [-0.3, -0.25) is 5.41 Å². The van der Waals surface area contributed by atoms with E-state index in [2.05, 4.69) is 51.6 Å². The Kier molecular flexibility index (Phi) is 5.45. The predicted octanol–water partition coefficient (Wildman–Crippen LogP) is 4.56. The molecule has 2 aromatic heterocycles. The summed E-state index contributed by atoms with van der Waals surface area (Å²) in [7, 11) is 0. The SMILES string of the molecule is C=C1CC(CCn2cnc(=N)c3[nH]c(Sc4cc5c(cc4Br)OCO5)nc32)CC(C)(C)N1. The van der Waals surface area contributed by atoms with Gasteiger partial charge in [-0.25, -0.2) is 9.97 Å². The van der Waals surface area contributed by atoms with Crippen molar-refractivity contribution in [2.45, 2.75) is 55.2 Å². The molecule has 3 N–H and O–H groups in total. The van der Waals surface area contributed by atoms with Crippen LogP contribution in [0, 0.1) is 11.3 Å². The van der Waals surface area contributed by atoms with Crippen molar-refractivity contribution in [3.8, 4) is 11.5 Å². The molecule has 1 fully saturated rings. The normalized spacial score (nSPS) is 19.3. The van der Waals surface area contributed by atoms with Crippen molar-refractivity contribution in [2.75, 3.05) is 6.79 Å². The quantitative estimate of drug-likeness (QED) is 0.459. The Hall–Kier alpha value is -2.46. The summed E-state index contributed by atoms with van der Waals surface area (Å²) in [5.41, 5.74) is 2.75. The molecule has 0 amide bonds. The molecule has 0 aliphatic carbocycles. The number of piperidine rings is 1. The van der Waals surface area contributed by atoms with Crippen molar-refractivity contribution in [1.82, 2.24) is 24.8 Å². The Bertz CT molecular complexity index is 1270. The Balaban J connectivity index is 1.38. The Morgan fingerprint density at radius 2 is 2.12 bits per heavy atom. The van der Waals surface area contributed by atoms with Crippen LogP contribution in [0.3, 0.4) is 0 Å². The fraction of sp³-hybridized carbons (Fsp3) is 0.409. The molecule has 2 aliphatic rings. The number of nitrogens with zero attached hydrogens (tertiary/aromatic N) is 3. The van der Waals surface area contributed by atoms with Gasteiger partial charge in [0, 0.05) is 27.1 Å². The van der Waals surface area contributed by atoms with Crippen LogP contribution < -0.4 is 20.3 Å². The van der Waals surface area contributed by atoms with Crippen LogP contribution in [0.5, 0.6) is 11.5 Å². The number of nitrogens with one attached hydrogen (secondary N) is 3. The van der Waals surface area contributed by atoms with Crippen molar-refractivity contribution in [1.29, 1.82) is 5.41 Å². The van der Waals surface area contributed by atoms with Gasteiger partial charge in [-0.1, -0.05) is 18.3 Å². The topological polar surface area (TPSA) is 101 Å². The Morgan fingerprint density at radius 1 is 1.34 bits per heavy atom. The van der Waals surface area contributed by atoms with E-state index >= 15 is 0 Å². The average Bonchev–Trinajstić information content (AvgIpc) is 3.33. The molecule has 3 aromatic rings.